The molecular weight excluding hydrogens is 411 g/mol. The highest BCUT2D eigenvalue weighted by atomic mass is 35.5. The zero-order valence-corrected chi connectivity index (χ0v) is 17.3. The second-order valence-electron chi connectivity index (χ2n) is 7.76. The summed E-state index contributed by atoms with van der Waals surface area (Å²) in [5.74, 6) is -2.74. The number of amides is 3. The van der Waals surface area contributed by atoms with Crippen molar-refractivity contribution in [3.63, 3.8) is 0 Å². The second kappa shape index (κ2) is 8.39. The van der Waals surface area contributed by atoms with Crippen LogP contribution in [0.15, 0.2) is 30.5 Å². The molecule has 1 atom stereocenters. The molecule has 0 saturated carbocycles. The number of piperidine rings is 1. The number of nitrogens with one attached hydrogen (secondary N) is 2. The number of anilines is 1. The van der Waals surface area contributed by atoms with Gasteiger partial charge in [0.2, 0.25) is 17.7 Å². The van der Waals surface area contributed by atoms with Crippen molar-refractivity contribution in [3.05, 3.63) is 58.1 Å². The quantitative estimate of drug-likeness (QED) is 0.628. The number of benzene rings is 1. The molecule has 1 saturated heterocycles. The zero-order valence-electron chi connectivity index (χ0n) is 16.6. The maximum absolute atomic E-state index is 14.7. The number of aromatic nitrogens is 1. The second-order valence-corrected chi connectivity index (χ2v) is 8.17. The average molecular weight is 433 g/mol. The van der Waals surface area contributed by atoms with Crippen molar-refractivity contribution < 1.29 is 18.8 Å². The number of halogens is 2. The van der Waals surface area contributed by atoms with E-state index >= 15 is 0 Å². The number of hydrogen-bond donors (Lipinski definition) is 3. The van der Waals surface area contributed by atoms with Crippen LogP contribution in [-0.4, -0.2) is 22.7 Å². The lowest BCUT2D eigenvalue weighted by molar-refractivity contribution is -0.134. The van der Waals surface area contributed by atoms with Crippen LogP contribution in [0.2, 0.25) is 5.02 Å². The zero-order chi connectivity index (χ0) is 22.1. The highest BCUT2D eigenvalue weighted by Gasteiger charge is 2.33. The summed E-state index contributed by atoms with van der Waals surface area (Å²) in [7, 11) is 0. The Labute approximate surface area is 178 Å². The number of nitrogen functional groups attached to an aromatic ring is 1. The Morgan fingerprint density at radius 1 is 1.37 bits per heavy atom. The third-order valence-electron chi connectivity index (χ3n) is 5.17. The van der Waals surface area contributed by atoms with Gasteiger partial charge in [-0.2, -0.15) is 0 Å². The molecule has 2 heterocycles. The summed E-state index contributed by atoms with van der Waals surface area (Å²) in [6, 6.07) is 6.00. The smallest absolute Gasteiger partial charge is 0.234 e. The Bertz CT molecular complexity index is 1000. The number of hydrogen-bond acceptors (Lipinski definition) is 5. The summed E-state index contributed by atoms with van der Waals surface area (Å²) in [4.78, 5) is 40.3. The first kappa shape index (κ1) is 21.7. The van der Waals surface area contributed by atoms with E-state index in [2.05, 4.69) is 15.6 Å². The predicted octanol–water partition coefficient (Wildman–Crippen LogP) is 2.57. The van der Waals surface area contributed by atoms with E-state index in [0.29, 0.717) is 16.9 Å². The molecule has 3 amide bonds. The molecule has 7 nitrogen and oxygen atoms in total. The van der Waals surface area contributed by atoms with Crippen LogP contribution in [-0.2, 0) is 26.3 Å². The van der Waals surface area contributed by atoms with Crippen LogP contribution >= 0.6 is 11.6 Å². The van der Waals surface area contributed by atoms with Crippen LogP contribution in [0.25, 0.3) is 0 Å². The van der Waals surface area contributed by atoms with E-state index in [9.17, 15) is 18.8 Å². The SMILES string of the molecule is CC(C)(C(=O)NCc1cc(F)c(C2CCC(=O)NC2=O)c(Cl)c1)c1cc(N)ccn1. The Morgan fingerprint density at radius 3 is 2.73 bits per heavy atom. The minimum atomic E-state index is -0.954. The van der Waals surface area contributed by atoms with E-state index in [4.69, 9.17) is 17.3 Å². The third-order valence-corrected chi connectivity index (χ3v) is 5.48. The maximum atomic E-state index is 14.7. The van der Waals surface area contributed by atoms with Gasteiger partial charge in [0.25, 0.3) is 0 Å². The molecule has 1 aliphatic heterocycles. The Morgan fingerprint density at radius 2 is 2.10 bits per heavy atom. The van der Waals surface area contributed by atoms with Crippen LogP contribution in [0.3, 0.4) is 0 Å². The molecule has 1 unspecified atom stereocenters. The molecule has 1 aromatic heterocycles. The van der Waals surface area contributed by atoms with Gasteiger partial charge >= 0.3 is 0 Å². The molecule has 1 fully saturated rings. The van der Waals surface area contributed by atoms with Gasteiger partial charge in [-0.25, -0.2) is 4.39 Å². The van der Waals surface area contributed by atoms with Crippen molar-refractivity contribution >= 4 is 35.0 Å². The molecule has 0 radical (unpaired) electrons. The largest absolute Gasteiger partial charge is 0.399 e. The number of rotatable bonds is 5. The summed E-state index contributed by atoms with van der Waals surface area (Å²) >= 11 is 6.25. The molecule has 1 aromatic carbocycles. The Kier molecular flexibility index (Phi) is 6.07. The van der Waals surface area contributed by atoms with Gasteiger partial charge in [-0.1, -0.05) is 11.6 Å². The topological polar surface area (TPSA) is 114 Å². The molecule has 30 heavy (non-hydrogen) atoms. The van der Waals surface area contributed by atoms with Crippen molar-refractivity contribution in [2.75, 3.05) is 5.73 Å². The van der Waals surface area contributed by atoms with Crippen molar-refractivity contribution in [2.45, 2.75) is 44.6 Å². The summed E-state index contributed by atoms with van der Waals surface area (Å²) in [5, 5.41) is 5.03. The van der Waals surface area contributed by atoms with E-state index in [1.54, 1.807) is 26.0 Å². The van der Waals surface area contributed by atoms with E-state index in [0.717, 1.165) is 0 Å². The first-order valence-corrected chi connectivity index (χ1v) is 9.79. The van der Waals surface area contributed by atoms with Crippen molar-refractivity contribution in [2.24, 2.45) is 0 Å². The summed E-state index contributed by atoms with van der Waals surface area (Å²) in [6.45, 7) is 3.46. The van der Waals surface area contributed by atoms with Gasteiger partial charge in [-0.05, 0) is 50.1 Å². The number of nitrogens with two attached hydrogens (primary N) is 1. The molecule has 0 aliphatic carbocycles. The highest BCUT2D eigenvalue weighted by molar-refractivity contribution is 6.31. The molecule has 4 N–H and O–H groups in total. The monoisotopic (exact) mass is 432 g/mol. The van der Waals surface area contributed by atoms with Gasteiger partial charge in [-0.3, -0.25) is 24.7 Å². The molecule has 0 spiro atoms. The number of imide groups is 1. The normalized spacial score (nSPS) is 16.9. The molecular formula is C21H22ClFN4O3. The molecule has 3 rings (SSSR count). The fraction of sp³-hybridized carbons (Fsp3) is 0.333. The summed E-state index contributed by atoms with van der Waals surface area (Å²) in [6.07, 6.45) is 1.85. The Balaban J connectivity index is 1.74. The first-order valence-electron chi connectivity index (χ1n) is 9.41. The number of nitrogens with zero attached hydrogens (tertiary/aromatic N) is 1. The van der Waals surface area contributed by atoms with Crippen LogP contribution in [0.1, 0.15) is 49.4 Å². The van der Waals surface area contributed by atoms with Crippen LogP contribution < -0.4 is 16.4 Å². The van der Waals surface area contributed by atoms with Crippen molar-refractivity contribution in [1.82, 2.24) is 15.6 Å². The lowest BCUT2D eigenvalue weighted by Gasteiger charge is -2.24. The molecule has 2 aromatic rings. The van der Waals surface area contributed by atoms with Gasteiger partial charge in [-0.15, -0.1) is 0 Å². The minimum absolute atomic E-state index is 0.0385. The number of pyridine rings is 1. The van der Waals surface area contributed by atoms with Crippen molar-refractivity contribution in [1.29, 1.82) is 0 Å². The first-order chi connectivity index (χ1) is 14.1. The minimum Gasteiger partial charge on any atom is -0.399 e. The highest BCUT2D eigenvalue weighted by Crippen LogP contribution is 2.33. The van der Waals surface area contributed by atoms with Crippen LogP contribution in [0.4, 0.5) is 10.1 Å². The fourth-order valence-corrected chi connectivity index (χ4v) is 3.71. The number of carbonyl (C=O) groups excluding carboxylic acids is 3. The lowest BCUT2D eigenvalue weighted by Crippen LogP contribution is -2.40. The molecule has 158 valence electrons. The third kappa shape index (κ3) is 4.43. The lowest BCUT2D eigenvalue weighted by atomic mass is 9.87. The van der Waals surface area contributed by atoms with Gasteiger partial charge < -0.3 is 11.1 Å². The van der Waals surface area contributed by atoms with Gasteiger partial charge in [0.05, 0.1) is 17.0 Å². The van der Waals surface area contributed by atoms with E-state index in [1.165, 1.54) is 18.3 Å². The van der Waals surface area contributed by atoms with Gasteiger partial charge in [0, 0.05) is 35.4 Å². The van der Waals surface area contributed by atoms with Crippen molar-refractivity contribution in [3.8, 4) is 0 Å². The molecule has 9 heteroatoms. The molecule has 1 aliphatic rings. The van der Waals surface area contributed by atoms with Crippen LogP contribution in [0, 0.1) is 5.82 Å². The van der Waals surface area contributed by atoms with E-state index in [1.807, 2.05) is 0 Å². The Hall–Kier alpha value is -3.00. The van der Waals surface area contributed by atoms with Gasteiger partial charge in [0.1, 0.15) is 5.82 Å². The van der Waals surface area contributed by atoms with Gasteiger partial charge in [0.15, 0.2) is 0 Å². The van der Waals surface area contributed by atoms with E-state index < -0.39 is 23.1 Å². The summed E-state index contributed by atoms with van der Waals surface area (Å²) in [5.41, 5.74) is 6.33. The van der Waals surface area contributed by atoms with E-state index in [-0.39, 0.29) is 41.8 Å². The average Bonchev–Trinajstić information content (AvgIpc) is 2.67. The predicted molar refractivity (Wildman–Crippen MR) is 110 cm³/mol. The summed E-state index contributed by atoms with van der Waals surface area (Å²) < 4.78 is 14.7. The molecule has 0 bridgehead atoms. The van der Waals surface area contributed by atoms with Crippen LogP contribution in [0.5, 0.6) is 0 Å². The standard InChI is InChI=1S/C21H22ClFN4O3/c1-21(2,16-9-12(24)5-6-25-16)20(30)26-10-11-7-14(22)18(15(23)8-11)13-3-4-17(28)27-19(13)29/h5-9,13H,3-4,10H2,1-2H3,(H2,24,25)(H,26,30)(H,27,28,29). The fourth-order valence-electron chi connectivity index (χ4n) is 3.35. The number of carbonyl (C=O) groups is 3. The maximum Gasteiger partial charge on any atom is 0.234 e.